The number of benzene rings is 3. The highest BCUT2D eigenvalue weighted by Crippen LogP contribution is 2.29. The summed E-state index contributed by atoms with van der Waals surface area (Å²) in [6.07, 6.45) is 0.737. The first kappa shape index (κ1) is 20.6. The van der Waals surface area contributed by atoms with E-state index in [-0.39, 0.29) is 5.56 Å². The van der Waals surface area contributed by atoms with Crippen molar-refractivity contribution in [3.05, 3.63) is 99.5 Å². The number of nitrogens with one attached hydrogen (secondary N) is 1. The van der Waals surface area contributed by atoms with Crippen molar-refractivity contribution >= 4 is 27.5 Å². The molecule has 1 aliphatic rings. The molecule has 0 radical (unpaired) electrons. The highest BCUT2D eigenvalue weighted by molar-refractivity contribution is 5.97. The Morgan fingerprint density at radius 2 is 1.76 bits per heavy atom. The topological polar surface area (TPSA) is 87.9 Å². The van der Waals surface area contributed by atoms with E-state index in [0.29, 0.717) is 18.1 Å². The lowest BCUT2D eigenvalue weighted by Crippen LogP contribution is -2.35. The first-order valence-electron chi connectivity index (χ1n) is 11.5. The normalized spacial score (nSPS) is 13.9. The second-order valence-corrected chi connectivity index (χ2v) is 9.05. The summed E-state index contributed by atoms with van der Waals surface area (Å²) in [5, 5.41) is 2.34. The molecule has 0 amide bonds. The van der Waals surface area contributed by atoms with E-state index >= 15 is 0 Å². The summed E-state index contributed by atoms with van der Waals surface area (Å²) in [7, 11) is 0. The van der Waals surface area contributed by atoms with E-state index in [9.17, 15) is 4.79 Å². The fraction of sp³-hybridized carbons (Fsp3) is 0.179. The number of nitrogens with two attached hydrogens (primary N) is 1. The van der Waals surface area contributed by atoms with Crippen LogP contribution in [0.2, 0.25) is 0 Å². The number of hydrogen-bond donors (Lipinski definition) is 2. The minimum absolute atomic E-state index is 0.0678. The van der Waals surface area contributed by atoms with Crippen LogP contribution in [-0.4, -0.2) is 26.4 Å². The van der Waals surface area contributed by atoms with E-state index in [4.69, 9.17) is 15.7 Å². The fourth-order valence-corrected chi connectivity index (χ4v) is 4.88. The quantitative estimate of drug-likeness (QED) is 0.312. The Morgan fingerprint density at radius 1 is 0.971 bits per heavy atom. The third-order valence-electron chi connectivity index (χ3n) is 6.66. The van der Waals surface area contributed by atoms with E-state index in [2.05, 4.69) is 53.2 Å². The van der Waals surface area contributed by atoms with Gasteiger partial charge in [0.1, 0.15) is 5.82 Å². The molecule has 168 valence electrons. The molecule has 5 aromatic rings. The van der Waals surface area contributed by atoms with Crippen LogP contribution in [0.25, 0.3) is 33.2 Å². The molecular weight excluding hydrogens is 422 g/mol. The first-order chi connectivity index (χ1) is 16.5. The van der Waals surface area contributed by atoms with Gasteiger partial charge in [-0.25, -0.2) is 9.97 Å². The number of nitrogen functional groups attached to an aromatic ring is 1. The predicted octanol–water partition coefficient (Wildman–Crippen LogP) is 4.59. The number of aromatic nitrogens is 3. The number of H-pyrrole nitrogens is 1. The standard InChI is InChI=1S/C28H25N5O/c1-17-6-11-25-21(14-17)22(20-4-2-3-5-24(20)30-25)15-33-13-12-26-23(16-33)28(34)32-27(31-26)18-7-9-19(29)10-8-18/h2-11,14H,12-13,15-16,29H2,1H3,(H,31,32,34). The number of fused-ring (bicyclic) bond motifs is 3. The second kappa shape index (κ2) is 8.08. The van der Waals surface area contributed by atoms with Gasteiger partial charge in [0.05, 0.1) is 22.3 Å². The third-order valence-corrected chi connectivity index (χ3v) is 6.66. The van der Waals surface area contributed by atoms with E-state index in [1.807, 2.05) is 30.3 Å². The van der Waals surface area contributed by atoms with Gasteiger partial charge in [0, 0.05) is 48.1 Å². The maximum atomic E-state index is 13.0. The largest absolute Gasteiger partial charge is 0.399 e. The smallest absolute Gasteiger partial charge is 0.255 e. The Bertz CT molecular complexity index is 1600. The fourth-order valence-electron chi connectivity index (χ4n) is 4.88. The maximum absolute atomic E-state index is 13.0. The number of aromatic amines is 1. The van der Waals surface area contributed by atoms with Gasteiger partial charge in [-0.1, -0.05) is 29.8 Å². The summed E-state index contributed by atoms with van der Waals surface area (Å²) in [6, 6.07) is 22.1. The van der Waals surface area contributed by atoms with Crippen molar-refractivity contribution in [3.8, 4) is 11.4 Å². The lowest BCUT2D eigenvalue weighted by atomic mass is 9.99. The Balaban J connectivity index is 1.37. The monoisotopic (exact) mass is 447 g/mol. The van der Waals surface area contributed by atoms with Crippen molar-refractivity contribution in [2.45, 2.75) is 26.4 Å². The van der Waals surface area contributed by atoms with Gasteiger partial charge in [-0.05, 0) is 55.0 Å². The second-order valence-electron chi connectivity index (χ2n) is 9.05. The summed E-state index contributed by atoms with van der Waals surface area (Å²) in [5.41, 5.74) is 13.4. The molecule has 6 rings (SSSR count). The molecule has 0 saturated heterocycles. The lowest BCUT2D eigenvalue weighted by molar-refractivity contribution is 0.243. The molecule has 0 aliphatic carbocycles. The molecule has 3 N–H and O–H groups in total. The molecule has 0 unspecified atom stereocenters. The van der Waals surface area contributed by atoms with E-state index in [1.165, 1.54) is 16.5 Å². The molecule has 6 nitrogen and oxygen atoms in total. The van der Waals surface area contributed by atoms with Crippen LogP contribution < -0.4 is 11.3 Å². The number of rotatable bonds is 3. The molecular formula is C28H25N5O. The summed E-state index contributed by atoms with van der Waals surface area (Å²) in [5.74, 6) is 0.596. The minimum atomic E-state index is -0.0678. The van der Waals surface area contributed by atoms with Crippen LogP contribution in [0.1, 0.15) is 22.4 Å². The average Bonchev–Trinajstić information content (AvgIpc) is 2.85. The maximum Gasteiger partial charge on any atom is 0.255 e. The zero-order valence-electron chi connectivity index (χ0n) is 19.0. The van der Waals surface area contributed by atoms with Gasteiger partial charge in [-0.3, -0.25) is 9.69 Å². The number of aryl methyl sites for hydroxylation is 1. The molecule has 34 heavy (non-hydrogen) atoms. The SMILES string of the molecule is Cc1ccc2nc3ccccc3c(CN3CCc4nc(-c5ccc(N)cc5)[nH]c(=O)c4C3)c2c1. The van der Waals surface area contributed by atoms with Crippen LogP contribution >= 0.6 is 0 Å². The van der Waals surface area contributed by atoms with Crippen molar-refractivity contribution < 1.29 is 0 Å². The van der Waals surface area contributed by atoms with Gasteiger partial charge < -0.3 is 10.7 Å². The highest BCUT2D eigenvalue weighted by Gasteiger charge is 2.23. The van der Waals surface area contributed by atoms with Gasteiger partial charge in [0.15, 0.2) is 0 Å². The van der Waals surface area contributed by atoms with Gasteiger partial charge in [0.2, 0.25) is 0 Å². The molecule has 3 aromatic carbocycles. The molecule has 0 bridgehead atoms. The highest BCUT2D eigenvalue weighted by atomic mass is 16.1. The Morgan fingerprint density at radius 3 is 2.62 bits per heavy atom. The van der Waals surface area contributed by atoms with Crippen LogP contribution in [0, 0.1) is 6.92 Å². The third kappa shape index (κ3) is 3.62. The minimum Gasteiger partial charge on any atom is -0.399 e. The van der Waals surface area contributed by atoms with Crippen LogP contribution in [0.15, 0.2) is 71.5 Å². The van der Waals surface area contributed by atoms with Crippen molar-refractivity contribution in [2.75, 3.05) is 12.3 Å². The van der Waals surface area contributed by atoms with Crippen LogP contribution in [0.3, 0.4) is 0 Å². The summed E-state index contributed by atoms with van der Waals surface area (Å²) >= 11 is 0. The van der Waals surface area contributed by atoms with Crippen molar-refractivity contribution in [2.24, 2.45) is 0 Å². The van der Waals surface area contributed by atoms with Crippen molar-refractivity contribution in [1.82, 2.24) is 19.9 Å². The average molecular weight is 448 g/mol. The molecule has 1 aliphatic heterocycles. The van der Waals surface area contributed by atoms with E-state index in [1.54, 1.807) is 0 Å². The molecule has 0 saturated carbocycles. The number of para-hydroxylation sites is 1. The molecule has 0 atom stereocenters. The Kier molecular flexibility index (Phi) is 4.89. The van der Waals surface area contributed by atoms with E-state index in [0.717, 1.165) is 52.8 Å². The lowest BCUT2D eigenvalue weighted by Gasteiger charge is -2.28. The molecule has 0 fully saturated rings. The van der Waals surface area contributed by atoms with Gasteiger partial charge in [-0.2, -0.15) is 0 Å². The molecule has 3 heterocycles. The number of pyridine rings is 1. The van der Waals surface area contributed by atoms with E-state index < -0.39 is 0 Å². The van der Waals surface area contributed by atoms with Gasteiger partial charge in [-0.15, -0.1) is 0 Å². The zero-order chi connectivity index (χ0) is 23.2. The predicted molar refractivity (Wildman–Crippen MR) is 137 cm³/mol. The summed E-state index contributed by atoms with van der Waals surface area (Å²) in [4.78, 5) is 28.0. The van der Waals surface area contributed by atoms with Crippen LogP contribution in [-0.2, 0) is 19.5 Å². The number of hydrogen-bond acceptors (Lipinski definition) is 5. The van der Waals surface area contributed by atoms with Crippen molar-refractivity contribution in [1.29, 1.82) is 0 Å². The molecule has 2 aromatic heterocycles. The van der Waals surface area contributed by atoms with Crippen LogP contribution in [0.4, 0.5) is 5.69 Å². The molecule has 0 spiro atoms. The Labute approximate surface area is 197 Å². The van der Waals surface area contributed by atoms with Gasteiger partial charge in [0.25, 0.3) is 5.56 Å². The summed E-state index contributed by atoms with van der Waals surface area (Å²) in [6.45, 7) is 4.28. The number of anilines is 1. The zero-order valence-corrected chi connectivity index (χ0v) is 19.0. The first-order valence-corrected chi connectivity index (χ1v) is 11.5. The van der Waals surface area contributed by atoms with Crippen LogP contribution in [0.5, 0.6) is 0 Å². The van der Waals surface area contributed by atoms with Crippen molar-refractivity contribution in [3.63, 3.8) is 0 Å². The van der Waals surface area contributed by atoms with Gasteiger partial charge >= 0.3 is 0 Å². The summed E-state index contributed by atoms with van der Waals surface area (Å²) < 4.78 is 0. The molecule has 6 heteroatoms. The number of nitrogens with zero attached hydrogens (tertiary/aromatic N) is 3. The Hall–Kier alpha value is -4.03.